The maximum atomic E-state index is 11.9. The zero-order valence-corrected chi connectivity index (χ0v) is 10.3. The van der Waals surface area contributed by atoms with Gasteiger partial charge in [-0.2, -0.15) is 8.78 Å². The Hall–Kier alpha value is -0.690. The SMILES string of the molecule is NC(=O)c1ccc(OC(F)F)c(Br)c1Br. The highest BCUT2D eigenvalue weighted by atomic mass is 79.9. The van der Waals surface area contributed by atoms with E-state index in [1.807, 2.05) is 0 Å². The van der Waals surface area contributed by atoms with Gasteiger partial charge in [-0.05, 0) is 44.0 Å². The van der Waals surface area contributed by atoms with Crippen LogP contribution in [0.3, 0.4) is 0 Å². The van der Waals surface area contributed by atoms with Crippen LogP contribution in [0.5, 0.6) is 5.75 Å². The van der Waals surface area contributed by atoms with Crippen molar-refractivity contribution >= 4 is 37.8 Å². The third kappa shape index (κ3) is 2.88. The van der Waals surface area contributed by atoms with E-state index in [0.29, 0.717) is 0 Å². The second kappa shape index (κ2) is 4.89. The Bertz CT molecular complexity index is 398. The molecule has 0 aliphatic heterocycles. The molecular weight excluding hydrogens is 340 g/mol. The first-order chi connectivity index (χ1) is 6.93. The van der Waals surface area contributed by atoms with Gasteiger partial charge >= 0.3 is 6.61 Å². The highest BCUT2D eigenvalue weighted by Crippen LogP contribution is 2.35. The number of ether oxygens (including phenoxy) is 1. The van der Waals surface area contributed by atoms with Crippen LogP contribution in [-0.2, 0) is 0 Å². The van der Waals surface area contributed by atoms with E-state index in [2.05, 4.69) is 36.6 Å². The van der Waals surface area contributed by atoms with Gasteiger partial charge in [0, 0.05) is 4.47 Å². The van der Waals surface area contributed by atoms with Gasteiger partial charge in [0.2, 0.25) is 5.91 Å². The molecule has 1 rings (SSSR count). The monoisotopic (exact) mass is 343 g/mol. The Kier molecular flexibility index (Phi) is 4.04. The van der Waals surface area contributed by atoms with Crippen LogP contribution in [0.15, 0.2) is 21.1 Å². The van der Waals surface area contributed by atoms with Crippen molar-refractivity contribution in [2.75, 3.05) is 0 Å². The predicted molar refractivity (Wildman–Crippen MR) is 57.0 cm³/mol. The molecule has 15 heavy (non-hydrogen) atoms. The molecule has 0 unspecified atom stereocenters. The van der Waals surface area contributed by atoms with Crippen LogP contribution in [0, 0.1) is 0 Å². The fraction of sp³-hybridized carbons (Fsp3) is 0.125. The van der Waals surface area contributed by atoms with Gasteiger partial charge in [0.1, 0.15) is 5.75 Å². The fourth-order valence-electron chi connectivity index (χ4n) is 0.909. The summed E-state index contributed by atoms with van der Waals surface area (Å²) < 4.78 is 28.6. The predicted octanol–water partition coefficient (Wildman–Crippen LogP) is 2.91. The quantitative estimate of drug-likeness (QED) is 0.916. The number of benzene rings is 1. The lowest BCUT2D eigenvalue weighted by atomic mass is 10.2. The number of hydrogen-bond donors (Lipinski definition) is 1. The fourth-order valence-corrected chi connectivity index (χ4v) is 1.87. The van der Waals surface area contributed by atoms with Crippen LogP contribution in [0.2, 0.25) is 0 Å². The van der Waals surface area contributed by atoms with Crippen molar-refractivity contribution in [3.63, 3.8) is 0 Å². The maximum absolute atomic E-state index is 11.9. The van der Waals surface area contributed by atoms with Gasteiger partial charge in [0.25, 0.3) is 0 Å². The van der Waals surface area contributed by atoms with E-state index in [1.165, 1.54) is 12.1 Å². The molecule has 82 valence electrons. The van der Waals surface area contributed by atoms with Crippen molar-refractivity contribution in [3.05, 3.63) is 26.6 Å². The van der Waals surface area contributed by atoms with Crippen LogP contribution in [0.25, 0.3) is 0 Å². The van der Waals surface area contributed by atoms with Crippen molar-refractivity contribution in [1.29, 1.82) is 0 Å². The van der Waals surface area contributed by atoms with Crippen molar-refractivity contribution in [3.8, 4) is 5.75 Å². The van der Waals surface area contributed by atoms with Crippen LogP contribution in [-0.4, -0.2) is 12.5 Å². The summed E-state index contributed by atoms with van der Waals surface area (Å²) in [5, 5.41) is 0. The van der Waals surface area contributed by atoms with E-state index in [9.17, 15) is 13.6 Å². The molecular formula is C8H5Br2F2NO2. The van der Waals surface area contributed by atoms with E-state index in [-0.39, 0.29) is 20.3 Å². The highest BCUT2D eigenvalue weighted by molar-refractivity contribution is 9.13. The van der Waals surface area contributed by atoms with Gasteiger partial charge in [-0.15, -0.1) is 0 Å². The molecule has 0 atom stereocenters. The summed E-state index contributed by atoms with van der Waals surface area (Å²) in [5.41, 5.74) is 5.24. The lowest BCUT2D eigenvalue weighted by molar-refractivity contribution is -0.0503. The Morgan fingerprint density at radius 2 is 1.93 bits per heavy atom. The second-order valence-corrected chi connectivity index (χ2v) is 4.07. The Labute approximate surface area is 101 Å². The number of nitrogens with two attached hydrogens (primary N) is 1. The van der Waals surface area contributed by atoms with E-state index < -0.39 is 12.5 Å². The zero-order valence-electron chi connectivity index (χ0n) is 7.14. The van der Waals surface area contributed by atoms with Gasteiger partial charge in [-0.3, -0.25) is 4.79 Å². The number of amides is 1. The van der Waals surface area contributed by atoms with Crippen molar-refractivity contribution in [2.45, 2.75) is 6.61 Å². The van der Waals surface area contributed by atoms with Crippen molar-refractivity contribution in [1.82, 2.24) is 0 Å². The summed E-state index contributed by atoms with van der Waals surface area (Å²) in [4.78, 5) is 10.9. The Balaban J connectivity index is 3.15. The van der Waals surface area contributed by atoms with E-state index in [4.69, 9.17) is 5.73 Å². The minimum Gasteiger partial charge on any atom is -0.434 e. The van der Waals surface area contributed by atoms with Crippen LogP contribution >= 0.6 is 31.9 Å². The molecule has 7 heteroatoms. The minimum absolute atomic E-state index is 0.0677. The van der Waals surface area contributed by atoms with Crippen LogP contribution in [0.1, 0.15) is 10.4 Å². The highest BCUT2D eigenvalue weighted by Gasteiger charge is 2.15. The molecule has 0 aliphatic rings. The number of carbonyl (C=O) groups is 1. The van der Waals surface area contributed by atoms with Gasteiger partial charge in [-0.1, -0.05) is 0 Å². The molecule has 0 radical (unpaired) electrons. The van der Waals surface area contributed by atoms with Gasteiger partial charge in [-0.25, -0.2) is 0 Å². The molecule has 0 fully saturated rings. The number of carbonyl (C=O) groups excluding carboxylic acids is 1. The van der Waals surface area contributed by atoms with Gasteiger partial charge in [0.05, 0.1) is 10.0 Å². The number of alkyl halides is 2. The third-order valence-corrected chi connectivity index (χ3v) is 3.67. The molecule has 0 aromatic heterocycles. The third-order valence-electron chi connectivity index (χ3n) is 1.53. The van der Waals surface area contributed by atoms with Gasteiger partial charge < -0.3 is 10.5 Å². The zero-order chi connectivity index (χ0) is 11.6. The average Bonchev–Trinajstić information content (AvgIpc) is 2.12. The van der Waals surface area contributed by atoms with E-state index in [1.54, 1.807) is 0 Å². The molecule has 1 aromatic rings. The minimum atomic E-state index is -2.92. The summed E-state index contributed by atoms with van der Waals surface area (Å²) in [6, 6.07) is 2.54. The van der Waals surface area contributed by atoms with E-state index in [0.717, 1.165) is 0 Å². The summed E-state index contributed by atoms with van der Waals surface area (Å²) in [7, 11) is 0. The summed E-state index contributed by atoms with van der Waals surface area (Å²) >= 11 is 6.06. The van der Waals surface area contributed by atoms with Crippen LogP contribution in [0.4, 0.5) is 8.78 Å². The Morgan fingerprint density at radius 3 is 2.40 bits per heavy atom. The molecule has 1 amide bonds. The molecule has 0 bridgehead atoms. The molecule has 1 aromatic carbocycles. The van der Waals surface area contributed by atoms with Gasteiger partial charge in [0.15, 0.2) is 0 Å². The Morgan fingerprint density at radius 1 is 1.33 bits per heavy atom. The molecule has 0 spiro atoms. The smallest absolute Gasteiger partial charge is 0.387 e. The lowest BCUT2D eigenvalue weighted by Crippen LogP contribution is -2.12. The maximum Gasteiger partial charge on any atom is 0.387 e. The largest absolute Gasteiger partial charge is 0.434 e. The van der Waals surface area contributed by atoms with Crippen molar-refractivity contribution in [2.24, 2.45) is 5.73 Å². The number of halogens is 4. The molecule has 2 N–H and O–H groups in total. The van der Waals surface area contributed by atoms with Crippen LogP contribution < -0.4 is 10.5 Å². The molecule has 0 heterocycles. The molecule has 3 nitrogen and oxygen atoms in total. The summed E-state index contributed by atoms with van der Waals surface area (Å²) in [6.07, 6.45) is 0. The first kappa shape index (κ1) is 12.4. The first-order valence-corrected chi connectivity index (χ1v) is 5.24. The summed E-state index contributed by atoms with van der Waals surface area (Å²) in [6.45, 7) is -2.92. The number of rotatable bonds is 3. The molecule has 0 saturated heterocycles. The number of hydrogen-bond acceptors (Lipinski definition) is 2. The van der Waals surface area contributed by atoms with Crippen molar-refractivity contribution < 1.29 is 18.3 Å². The normalized spacial score (nSPS) is 10.5. The summed E-state index contributed by atoms with van der Waals surface area (Å²) in [5.74, 6) is -0.729. The standard InChI is InChI=1S/C8H5Br2F2NO2/c9-5-3(7(13)14)1-2-4(6(5)10)15-8(11)12/h1-2,8H,(H2,13,14). The molecule has 0 aliphatic carbocycles. The topological polar surface area (TPSA) is 52.3 Å². The average molecular weight is 345 g/mol. The van der Waals surface area contributed by atoms with E-state index >= 15 is 0 Å². The lowest BCUT2D eigenvalue weighted by Gasteiger charge is -2.09. The number of primary amides is 1. The second-order valence-electron chi connectivity index (χ2n) is 2.48. The first-order valence-electron chi connectivity index (χ1n) is 3.66. The molecule has 0 saturated carbocycles.